The molecule has 1 aromatic rings. The van der Waals surface area contributed by atoms with Gasteiger partial charge in [0, 0.05) is 11.5 Å². The number of benzene rings is 1. The van der Waals surface area contributed by atoms with Gasteiger partial charge in [0.2, 0.25) is 0 Å². The first-order valence-corrected chi connectivity index (χ1v) is 7.42. The first-order chi connectivity index (χ1) is 9.11. The van der Waals surface area contributed by atoms with Crippen molar-refractivity contribution in [3.8, 4) is 0 Å². The molecule has 0 radical (unpaired) electrons. The predicted molar refractivity (Wildman–Crippen MR) is 75.8 cm³/mol. The fourth-order valence-electron chi connectivity index (χ4n) is 3.16. The van der Waals surface area contributed by atoms with Crippen LogP contribution in [0.4, 0.5) is 4.39 Å². The smallest absolute Gasteiger partial charge is 0.165 e. The van der Waals surface area contributed by atoms with Crippen molar-refractivity contribution in [2.45, 2.75) is 52.4 Å². The lowest BCUT2D eigenvalue weighted by Crippen LogP contribution is -2.22. The summed E-state index contributed by atoms with van der Waals surface area (Å²) >= 11 is 0. The number of hydrogen-bond acceptors (Lipinski definition) is 1. The molecule has 1 nitrogen and oxygen atoms in total. The van der Waals surface area contributed by atoms with Crippen molar-refractivity contribution in [2.24, 2.45) is 11.8 Å². The first kappa shape index (κ1) is 14.2. The molecule has 19 heavy (non-hydrogen) atoms. The molecule has 2 rings (SSSR count). The van der Waals surface area contributed by atoms with Gasteiger partial charge in [-0.2, -0.15) is 0 Å². The minimum Gasteiger partial charge on any atom is -0.294 e. The predicted octanol–water partition coefficient (Wildman–Crippen LogP) is 4.92. The number of carbonyl (C=O) groups excluding carboxylic acids is 1. The summed E-state index contributed by atoms with van der Waals surface area (Å²) < 4.78 is 13.2. The van der Waals surface area contributed by atoms with Gasteiger partial charge in [0.1, 0.15) is 5.82 Å². The third-order valence-electron chi connectivity index (χ3n) is 4.36. The molecular weight excluding hydrogens is 239 g/mol. The van der Waals surface area contributed by atoms with Gasteiger partial charge < -0.3 is 0 Å². The van der Waals surface area contributed by atoms with E-state index in [1.165, 1.54) is 31.7 Å². The molecule has 0 saturated heterocycles. The zero-order valence-corrected chi connectivity index (χ0v) is 11.9. The third-order valence-corrected chi connectivity index (χ3v) is 4.36. The van der Waals surface area contributed by atoms with Gasteiger partial charge in [-0.05, 0) is 62.3 Å². The summed E-state index contributed by atoms with van der Waals surface area (Å²) in [4.78, 5) is 12.4. The van der Waals surface area contributed by atoms with Gasteiger partial charge in [-0.15, -0.1) is 0 Å². The van der Waals surface area contributed by atoms with E-state index in [0.717, 1.165) is 18.8 Å². The van der Waals surface area contributed by atoms with Crippen LogP contribution < -0.4 is 0 Å². The van der Waals surface area contributed by atoms with Crippen molar-refractivity contribution >= 4 is 5.78 Å². The highest BCUT2D eigenvalue weighted by molar-refractivity contribution is 5.98. The van der Waals surface area contributed by atoms with Crippen LogP contribution in [0.1, 0.15) is 61.4 Å². The summed E-state index contributed by atoms with van der Waals surface area (Å²) in [6.45, 7) is 3.93. The summed E-state index contributed by atoms with van der Waals surface area (Å²) in [7, 11) is 0. The van der Waals surface area contributed by atoms with Crippen LogP contribution in [0.3, 0.4) is 0 Å². The Bertz CT molecular complexity index is 445. The summed E-state index contributed by atoms with van der Waals surface area (Å²) in [5, 5.41) is 0. The van der Waals surface area contributed by atoms with Crippen LogP contribution in [0.5, 0.6) is 0 Å². The highest BCUT2D eigenvalue weighted by Crippen LogP contribution is 2.33. The van der Waals surface area contributed by atoms with E-state index in [-0.39, 0.29) is 17.5 Å². The number of aryl methyl sites for hydroxylation is 1. The summed E-state index contributed by atoms with van der Waals surface area (Å²) in [6, 6.07) is 4.73. The second-order valence-electron chi connectivity index (χ2n) is 5.83. The largest absolute Gasteiger partial charge is 0.294 e. The second-order valence-corrected chi connectivity index (χ2v) is 5.83. The van der Waals surface area contributed by atoms with E-state index in [1.54, 1.807) is 19.1 Å². The van der Waals surface area contributed by atoms with Gasteiger partial charge in [0.05, 0.1) is 0 Å². The Labute approximate surface area is 115 Å². The van der Waals surface area contributed by atoms with E-state index in [2.05, 4.69) is 6.92 Å². The van der Waals surface area contributed by atoms with Gasteiger partial charge in [-0.25, -0.2) is 4.39 Å². The average Bonchev–Trinajstić information content (AvgIpc) is 2.42. The van der Waals surface area contributed by atoms with E-state index >= 15 is 0 Å². The molecule has 0 N–H and O–H groups in total. The summed E-state index contributed by atoms with van der Waals surface area (Å²) in [5.74, 6) is 0.934. The van der Waals surface area contributed by atoms with Crippen molar-refractivity contribution < 1.29 is 9.18 Å². The first-order valence-electron chi connectivity index (χ1n) is 7.42. The molecule has 0 atom stereocenters. The molecule has 2 heteroatoms. The molecule has 104 valence electrons. The number of halogens is 1. The number of carbonyl (C=O) groups is 1. The van der Waals surface area contributed by atoms with E-state index in [1.807, 2.05) is 0 Å². The molecule has 0 amide bonds. The van der Waals surface area contributed by atoms with Crippen LogP contribution in [0.2, 0.25) is 0 Å². The van der Waals surface area contributed by atoms with E-state index in [9.17, 15) is 9.18 Å². The van der Waals surface area contributed by atoms with Crippen LogP contribution in [0.15, 0.2) is 18.2 Å². The zero-order valence-electron chi connectivity index (χ0n) is 11.9. The SMILES string of the molecule is CCCC1CCC(C(=O)c2ccc(F)c(C)c2)CC1. The van der Waals surface area contributed by atoms with E-state index in [4.69, 9.17) is 0 Å². The minimum atomic E-state index is -0.233. The lowest BCUT2D eigenvalue weighted by atomic mass is 9.77. The Hall–Kier alpha value is -1.18. The number of rotatable bonds is 4. The van der Waals surface area contributed by atoms with Crippen molar-refractivity contribution in [2.75, 3.05) is 0 Å². The quantitative estimate of drug-likeness (QED) is 0.704. The maximum Gasteiger partial charge on any atom is 0.165 e. The third kappa shape index (κ3) is 3.43. The maximum atomic E-state index is 13.2. The Morgan fingerprint density at radius 1 is 1.26 bits per heavy atom. The van der Waals surface area contributed by atoms with Gasteiger partial charge >= 0.3 is 0 Å². The molecule has 0 spiro atoms. The van der Waals surface area contributed by atoms with Gasteiger partial charge in [0.15, 0.2) is 5.78 Å². The normalized spacial score (nSPS) is 23.3. The Kier molecular flexibility index (Phi) is 4.73. The van der Waals surface area contributed by atoms with Crippen molar-refractivity contribution in [3.63, 3.8) is 0 Å². The second kappa shape index (κ2) is 6.31. The van der Waals surface area contributed by atoms with Gasteiger partial charge in [0.25, 0.3) is 0 Å². The molecular formula is C17H23FO. The van der Waals surface area contributed by atoms with Crippen molar-refractivity contribution in [1.82, 2.24) is 0 Å². The molecule has 1 aliphatic carbocycles. The van der Waals surface area contributed by atoms with Gasteiger partial charge in [-0.1, -0.05) is 19.8 Å². The van der Waals surface area contributed by atoms with Crippen LogP contribution >= 0.6 is 0 Å². The lowest BCUT2D eigenvalue weighted by Gasteiger charge is -2.27. The summed E-state index contributed by atoms with van der Waals surface area (Å²) in [5.41, 5.74) is 1.24. The molecule has 0 bridgehead atoms. The van der Waals surface area contributed by atoms with Crippen LogP contribution in [-0.2, 0) is 0 Å². The number of ketones is 1. The van der Waals surface area contributed by atoms with E-state index in [0.29, 0.717) is 11.1 Å². The topological polar surface area (TPSA) is 17.1 Å². The molecule has 0 aliphatic heterocycles. The maximum absolute atomic E-state index is 13.2. The Morgan fingerprint density at radius 3 is 2.53 bits per heavy atom. The summed E-state index contributed by atoms with van der Waals surface area (Å²) in [6.07, 6.45) is 6.87. The zero-order chi connectivity index (χ0) is 13.8. The molecule has 1 aromatic carbocycles. The highest BCUT2D eigenvalue weighted by Gasteiger charge is 2.26. The Balaban J connectivity index is 1.99. The van der Waals surface area contributed by atoms with E-state index < -0.39 is 0 Å². The van der Waals surface area contributed by atoms with Crippen LogP contribution in [0, 0.1) is 24.6 Å². The standard InChI is InChI=1S/C17H23FO/c1-3-4-13-5-7-14(8-6-13)17(19)15-9-10-16(18)12(2)11-15/h9-11,13-14H,3-8H2,1-2H3. The monoisotopic (exact) mass is 262 g/mol. The van der Waals surface area contributed by atoms with Crippen molar-refractivity contribution in [3.05, 3.63) is 35.1 Å². The number of Topliss-reactive ketones (excluding diaryl/α,β-unsaturated/α-hetero) is 1. The highest BCUT2D eigenvalue weighted by atomic mass is 19.1. The fraction of sp³-hybridized carbons (Fsp3) is 0.588. The molecule has 0 unspecified atom stereocenters. The number of hydrogen-bond donors (Lipinski definition) is 0. The van der Waals surface area contributed by atoms with Gasteiger partial charge in [-0.3, -0.25) is 4.79 Å². The van der Waals surface area contributed by atoms with Crippen LogP contribution in [0.25, 0.3) is 0 Å². The molecule has 1 aliphatic rings. The fourth-order valence-corrected chi connectivity index (χ4v) is 3.16. The molecule has 0 aromatic heterocycles. The van der Waals surface area contributed by atoms with Crippen LogP contribution in [-0.4, -0.2) is 5.78 Å². The molecule has 1 fully saturated rings. The Morgan fingerprint density at radius 2 is 1.95 bits per heavy atom. The lowest BCUT2D eigenvalue weighted by molar-refractivity contribution is 0.0869. The van der Waals surface area contributed by atoms with Crippen molar-refractivity contribution in [1.29, 1.82) is 0 Å². The molecule has 1 saturated carbocycles. The average molecular weight is 262 g/mol. The minimum absolute atomic E-state index is 0.151. The molecule has 0 heterocycles.